The van der Waals surface area contributed by atoms with Crippen LogP contribution < -0.4 is 17.0 Å². The van der Waals surface area contributed by atoms with Crippen molar-refractivity contribution in [1.82, 2.24) is 4.31 Å². The van der Waals surface area contributed by atoms with Gasteiger partial charge in [-0.05, 0) is 38.8 Å². The number of rotatable bonds is 5. The number of sulfonamides is 1. The molecule has 0 aliphatic carbocycles. The summed E-state index contributed by atoms with van der Waals surface area (Å²) in [6.07, 6.45) is 0. The Morgan fingerprint density at radius 1 is 1.09 bits per heavy atom. The Morgan fingerprint density at radius 3 is 2.17 bits per heavy atom. The molecule has 0 aromatic heterocycles. The van der Waals surface area contributed by atoms with Gasteiger partial charge in [-0.25, -0.2) is 8.42 Å². The highest BCUT2D eigenvalue weighted by molar-refractivity contribution is 7.89. The Labute approximate surface area is 151 Å². The molecule has 0 amide bonds. The van der Waals surface area contributed by atoms with Crippen molar-refractivity contribution in [3.63, 3.8) is 0 Å². The van der Waals surface area contributed by atoms with E-state index < -0.39 is 10.0 Å². The van der Waals surface area contributed by atoms with Crippen LogP contribution in [0.25, 0.3) is 0 Å². The second-order valence-electron chi connectivity index (χ2n) is 6.48. The van der Waals surface area contributed by atoms with E-state index in [0.717, 1.165) is 30.7 Å². The molecule has 0 atom stereocenters. The maximum Gasteiger partial charge on any atom is 0.214 e. The average molecular weight is 405 g/mol. The fraction of sp³-hybridized carbons (Fsp3) is 0.647. The van der Waals surface area contributed by atoms with Crippen molar-refractivity contribution in [2.75, 3.05) is 38.5 Å². The van der Waals surface area contributed by atoms with Gasteiger partial charge in [-0.1, -0.05) is 18.2 Å². The second kappa shape index (κ2) is 8.10. The highest BCUT2D eigenvalue weighted by Crippen LogP contribution is 2.21. The third kappa shape index (κ3) is 4.78. The topological polar surface area (TPSA) is 37.4 Å². The van der Waals surface area contributed by atoms with Crippen molar-refractivity contribution in [3.05, 3.63) is 34.9 Å². The zero-order chi connectivity index (χ0) is 16.4. The van der Waals surface area contributed by atoms with Crippen molar-refractivity contribution in [2.45, 2.75) is 34.2 Å². The summed E-state index contributed by atoms with van der Waals surface area (Å²) in [7, 11) is -3.04. The fourth-order valence-electron chi connectivity index (χ4n) is 3.21. The van der Waals surface area contributed by atoms with Gasteiger partial charge in [-0.15, -0.1) is 0 Å². The zero-order valence-corrected chi connectivity index (χ0v) is 17.1. The van der Waals surface area contributed by atoms with Gasteiger partial charge in [0.2, 0.25) is 10.0 Å². The minimum absolute atomic E-state index is 0. The first-order valence-electron chi connectivity index (χ1n) is 8.21. The molecule has 1 fully saturated rings. The molecule has 1 aromatic rings. The van der Waals surface area contributed by atoms with Gasteiger partial charge in [-0.3, -0.25) is 0 Å². The van der Waals surface area contributed by atoms with E-state index in [1.165, 1.54) is 16.7 Å². The predicted molar refractivity (Wildman–Crippen MR) is 91.2 cm³/mol. The maximum atomic E-state index is 12.0. The van der Waals surface area contributed by atoms with Crippen molar-refractivity contribution in [3.8, 4) is 0 Å². The third-order valence-corrected chi connectivity index (χ3v) is 7.05. The lowest BCUT2D eigenvalue weighted by Gasteiger charge is -2.44. The van der Waals surface area contributed by atoms with Gasteiger partial charge in [0, 0.05) is 5.56 Å². The Kier molecular flexibility index (Phi) is 7.26. The normalized spacial score (nSPS) is 18.4. The Hall–Kier alpha value is -0.430. The van der Waals surface area contributed by atoms with Gasteiger partial charge < -0.3 is 21.5 Å². The van der Waals surface area contributed by atoms with E-state index in [2.05, 4.69) is 39.0 Å². The Morgan fingerprint density at radius 2 is 1.70 bits per heavy atom. The summed E-state index contributed by atoms with van der Waals surface area (Å²) >= 11 is 0. The van der Waals surface area contributed by atoms with Crippen LogP contribution in [0.4, 0.5) is 0 Å². The van der Waals surface area contributed by atoms with Crippen molar-refractivity contribution in [1.29, 1.82) is 0 Å². The van der Waals surface area contributed by atoms with Crippen LogP contribution >= 0.6 is 0 Å². The summed E-state index contributed by atoms with van der Waals surface area (Å²) in [6, 6.07) is 6.68. The predicted octanol–water partition coefficient (Wildman–Crippen LogP) is -0.691. The van der Waals surface area contributed by atoms with Gasteiger partial charge in [0.25, 0.3) is 0 Å². The number of piperazine rings is 1. The number of aryl methyl sites for hydroxylation is 2. The lowest BCUT2D eigenvalue weighted by molar-refractivity contribution is -0.942. The summed E-state index contributed by atoms with van der Waals surface area (Å²) in [5.41, 5.74) is 4.02. The molecule has 23 heavy (non-hydrogen) atoms. The fourth-order valence-corrected chi connectivity index (χ4v) is 4.29. The van der Waals surface area contributed by atoms with Crippen LogP contribution in [-0.4, -0.2) is 55.7 Å². The Bertz CT molecular complexity index is 623. The van der Waals surface area contributed by atoms with Gasteiger partial charge in [0.05, 0.1) is 38.5 Å². The van der Waals surface area contributed by atoms with E-state index >= 15 is 0 Å². The molecule has 1 aliphatic rings. The van der Waals surface area contributed by atoms with E-state index in [4.69, 9.17) is 0 Å². The summed E-state index contributed by atoms with van der Waals surface area (Å²) in [6.45, 7) is 13.4. The van der Waals surface area contributed by atoms with Crippen LogP contribution in [-0.2, 0) is 16.6 Å². The number of hydrogen-bond donors (Lipinski definition) is 0. The molecule has 1 saturated heterocycles. The molecular weight excluding hydrogens is 376 g/mol. The standard InChI is InChI=1S/C17H29N2O2S.BrH/c1-5-19(14-17-8-7-15(3)16(4)13-17)11-9-18(10-12-19)22(20,21)6-2;/h7-8,13H,5-6,9-12,14H2,1-4H3;1H/q+1;/p-1. The molecule has 0 radical (unpaired) electrons. The monoisotopic (exact) mass is 404 g/mol. The molecule has 0 spiro atoms. The lowest BCUT2D eigenvalue weighted by atomic mass is 10.0. The second-order valence-corrected chi connectivity index (χ2v) is 8.74. The van der Waals surface area contributed by atoms with Crippen LogP contribution in [0.2, 0.25) is 0 Å². The number of benzene rings is 1. The van der Waals surface area contributed by atoms with Crippen molar-refractivity contribution >= 4 is 10.0 Å². The largest absolute Gasteiger partial charge is 1.00 e. The third-order valence-electron chi connectivity index (χ3n) is 5.17. The minimum atomic E-state index is -3.04. The van der Waals surface area contributed by atoms with Crippen LogP contribution in [0.3, 0.4) is 0 Å². The van der Waals surface area contributed by atoms with Gasteiger partial charge >= 0.3 is 0 Å². The molecule has 0 saturated carbocycles. The van der Waals surface area contributed by atoms with Crippen LogP contribution in [0.5, 0.6) is 0 Å². The van der Waals surface area contributed by atoms with Crippen LogP contribution in [0.1, 0.15) is 30.5 Å². The first kappa shape index (κ1) is 20.6. The highest BCUT2D eigenvalue weighted by Gasteiger charge is 2.35. The molecule has 6 heteroatoms. The molecule has 4 nitrogen and oxygen atoms in total. The number of quaternary nitrogens is 1. The molecule has 1 heterocycles. The van der Waals surface area contributed by atoms with Crippen LogP contribution in [0.15, 0.2) is 18.2 Å². The van der Waals surface area contributed by atoms with Gasteiger partial charge in [0.1, 0.15) is 6.54 Å². The molecular formula is C17H29BrN2O2S. The molecule has 0 bridgehead atoms. The average Bonchev–Trinajstić information content (AvgIpc) is 2.51. The van der Waals surface area contributed by atoms with E-state index in [-0.39, 0.29) is 22.7 Å². The zero-order valence-electron chi connectivity index (χ0n) is 14.7. The van der Waals surface area contributed by atoms with E-state index in [0.29, 0.717) is 13.1 Å². The lowest BCUT2D eigenvalue weighted by Crippen LogP contribution is -3.00. The highest BCUT2D eigenvalue weighted by atomic mass is 79.9. The quantitative estimate of drug-likeness (QED) is 0.609. The molecule has 1 aromatic carbocycles. The molecule has 132 valence electrons. The maximum absolute atomic E-state index is 12.0. The molecule has 0 N–H and O–H groups in total. The number of hydrogen-bond acceptors (Lipinski definition) is 2. The molecule has 1 aliphatic heterocycles. The summed E-state index contributed by atoms with van der Waals surface area (Å²) in [4.78, 5) is 0. The van der Waals surface area contributed by atoms with E-state index in [1.54, 1.807) is 11.2 Å². The van der Waals surface area contributed by atoms with E-state index in [9.17, 15) is 8.42 Å². The minimum Gasteiger partial charge on any atom is -1.00 e. The van der Waals surface area contributed by atoms with Gasteiger partial charge in [-0.2, -0.15) is 4.31 Å². The summed E-state index contributed by atoms with van der Waals surface area (Å²) in [5.74, 6) is 0.205. The summed E-state index contributed by atoms with van der Waals surface area (Å²) < 4.78 is 26.7. The van der Waals surface area contributed by atoms with Crippen molar-refractivity contribution < 1.29 is 29.9 Å². The smallest absolute Gasteiger partial charge is 0.214 e. The number of halogens is 1. The number of nitrogens with zero attached hydrogens (tertiary/aromatic N) is 2. The van der Waals surface area contributed by atoms with Crippen LogP contribution in [0, 0.1) is 13.8 Å². The Balaban J connectivity index is 0.00000264. The summed E-state index contributed by atoms with van der Waals surface area (Å²) in [5, 5.41) is 0. The number of likely N-dealkylation sites (N-methyl/N-ethyl adjacent to an activating group) is 1. The molecule has 0 unspecified atom stereocenters. The first-order valence-corrected chi connectivity index (χ1v) is 9.82. The molecule has 2 rings (SSSR count). The first-order chi connectivity index (χ1) is 10.3. The van der Waals surface area contributed by atoms with Crippen molar-refractivity contribution in [2.24, 2.45) is 0 Å². The van der Waals surface area contributed by atoms with E-state index in [1.807, 2.05) is 0 Å². The SMILES string of the molecule is CC[N+]1(Cc2ccc(C)c(C)c2)CCN(S(=O)(=O)CC)CC1.[Br-]. The van der Waals surface area contributed by atoms with Gasteiger partial charge in [0.15, 0.2) is 0 Å².